The lowest BCUT2D eigenvalue weighted by molar-refractivity contribution is -0.671. The van der Waals surface area contributed by atoms with Crippen LogP contribution in [0.1, 0.15) is 0 Å². The van der Waals surface area contributed by atoms with Gasteiger partial charge < -0.3 is 4.12 Å². The normalized spacial score (nSPS) is 13.2. The second-order valence-electron chi connectivity index (χ2n) is 5.73. The molecule has 1 heterocycles. The molecule has 0 atom stereocenters. The number of rotatable bonds is 4. The van der Waals surface area contributed by atoms with Crippen molar-refractivity contribution in [2.45, 2.75) is 38.9 Å². The maximum atomic E-state index is 6.29. The fourth-order valence-corrected chi connectivity index (χ4v) is 9.85. The highest BCUT2D eigenvalue weighted by Gasteiger charge is 2.32. The molecular weight excluding hydrogens is 220 g/mol. The Bertz CT molecular complexity index is 328. The lowest BCUT2D eigenvalue weighted by atomic mass is 10.9. The minimum atomic E-state index is -1.55. The lowest BCUT2D eigenvalue weighted by Crippen LogP contribution is -2.45. The largest absolute Gasteiger partial charge is 0.453 e. The van der Waals surface area contributed by atoms with Crippen molar-refractivity contribution in [2.75, 3.05) is 0 Å². The van der Waals surface area contributed by atoms with Crippen molar-refractivity contribution in [3.63, 3.8) is 0 Å². The maximum Gasteiger partial charge on any atom is 0.243 e. The molecule has 5 heteroatoms. The van der Waals surface area contributed by atoms with Crippen LogP contribution in [0.4, 0.5) is 0 Å². The van der Waals surface area contributed by atoms with Gasteiger partial charge in [-0.3, -0.25) is 0 Å². The molecule has 1 aromatic rings. The molecule has 15 heavy (non-hydrogen) atoms. The number of aryl methyl sites for hydroxylation is 1. The number of aromatic nitrogens is 2. The third kappa shape index (κ3) is 4.77. The average molecular weight is 243 g/mol. The first-order valence-electron chi connectivity index (χ1n) is 5.39. The fourth-order valence-electron chi connectivity index (χ4n) is 1.90. The van der Waals surface area contributed by atoms with E-state index in [1.807, 2.05) is 7.05 Å². The quantitative estimate of drug-likeness (QED) is 0.583. The second-order valence-corrected chi connectivity index (χ2v) is 14.6. The Morgan fingerprint density at radius 1 is 1.20 bits per heavy atom. The van der Waals surface area contributed by atoms with Crippen molar-refractivity contribution in [1.82, 2.24) is 4.57 Å². The Hall–Kier alpha value is -0.396. The summed E-state index contributed by atoms with van der Waals surface area (Å²) in [6.45, 7) is 11.4. The van der Waals surface area contributed by atoms with E-state index in [0.29, 0.717) is 0 Å². The van der Waals surface area contributed by atoms with Crippen LogP contribution in [0.15, 0.2) is 18.7 Å². The molecule has 0 unspecified atom stereocenters. The summed E-state index contributed by atoms with van der Waals surface area (Å²) in [5, 5.41) is 0. The van der Waals surface area contributed by atoms with E-state index < -0.39 is 16.6 Å². The summed E-state index contributed by atoms with van der Waals surface area (Å²) in [6.07, 6.45) is 7.34. The van der Waals surface area contributed by atoms with Gasteiger partial charge >= 0.3 is 0 Å². The van der Waals surface area contributed by atoms with Crippen LogP contribution in [0.2, 0.25) is 32.7 Å². The van der Waals surface area contributed by atoms with Crippen LogP contribution in [0.25, 0.3) is 0 Å². The van der Waals surface area contributed by atoms with Crippen LogP contribution in [-0.2, 0) is 17.3 Å². The number of imidazole rings is 1. The third-order valence-electron chi connectivity index (χ3n) is 1.97. The smallest absolute Gasteiger partial charge is 0.243 e. The Morgan fingerprint density at radius 3 is 2.20 bits per heavy atom. The molecule has 1 rings (SSSR count). The van der Waals surface area contributed by atoms with E-state index in [0.717, 1.165) is 6.17 Å². The van der Waals surface area contributed by atoms with Gasteiger partial charge in [0.15, 0.2) is 8.32 Å². The minimum absolute atomic E-state index is 1.04. The molecule has 0 bridgehead atoms. The molecule has 0 fully saturated rings. The first kappa shape index (κ1) is 12.7. The molecule has 0 radical (unpaired) electrons. The van der Waals surface area contributed by atoms with Crippen molar-refractivity contribution in [1.29, 1.82) is 0 Å². The summed E-state index contributed by atoms with van der Waals surface area (Å²) < 4.78 is 10.6. The fraction of sp³-hybridized carbons (Fsp3) is 0.700. The molecule has 0 aliphatic heterocycles. The van der Waals surface area contributed by atoms with Crippen molar-refractivity contribution in [3.8, 4) is 0 Å². The van der Waals surface area contributed by atoms with E-state index in [2.05, 4.69) is 60.6 Å². The van der Waals surface area contributed by atoms with Crippen LogP contribution in [-0.4, -0.2) is 21.2 Å². The highest BCUT2D eigenvalue weighted by atomic mass is 28.4. The van der Waals surface area contributed by atoms with Crippen LogP contribution < -0.4 is 4.57 Å². The summed E-state index contributed by atoms with van der Waals surface area (Å²) in [6, 6.07) is 0. The molecule has 0 N–H and O–H groups in total. The van der Waals surface area contributed by atoms with E-state index in [4.69, 9.17) is 4.12 Å². The molecule has 0 saturated heterocycles. The van der Waals surface area contributed by atoms with E-state index in [-0.39, 0.29) is 0 Å². The third-order valence-corrected chi connectivity index (χ3v) is 7.76. The van der Waals surface area contributed by atoms with Crippen LogP contribution in [0.3, 0.4) is 0 Å². The van der Waals surface area contributed by atoms with Gasteiger partial charge in [0.25, 0.3) is 0 Å². The van der Waals surface area contributed by atoms with E-state index in [1.165, 1.54) is 0 Å². The summed E-state index contributed by atoms with van der Waals surface area (Å²) in [4.78, 5) is 0. The number of hydrogen-bond acceptors (Lipinski definition) is 1. The first-order chi connectivity index (χ1) is 6.68. The molecule has 0 spiro atoms. The number of nitrogens with zero attached hydrogens (tertiary/aromatic N) is 2. The molecule has 0 aromatic carbocycles. The molecule has 0 aliphatic carbocycles. The zero-order valence-corrected chi connectivity index (χ0v) is 12.7. The Morgan fingerprint density at radius 2 is 1.80 bits per heavy atom. The van der Waals surface area contributed by atoms with Crippen molar-refractivity contribution in [3.05, 3.63) is 18.7 Å². The summed E-state index contributed by atoms with van der Waals surface area (Å²) in [7, 11) is -0.907. The molecule has 86 valence electrons. The van der Waals surface area contributed by atoms with Gasteiger partial charge in [-0.25, -0.2) is 9.13 Å². The highest BCUT2D eigenvalue weighted by molar-refractivity contribution is 6.83. The van der Waals surface area contributed by atoms with E-state index in [1.54, 1.807) is 0 Å². The predicted octanol–water partition coefficient (Wildman–Crippen LogP) is 1.91. The second kappa shape index (κ2) is 4.23. The Balaban J connectivity index is 2.64. The van der Waals surface area contributed by atoms with Crippen LogP contribution in [0.5, 0.6) is 0 Å². The van der Waals surface area contributed by atoms with Gasteiger partial charge in [-0.1, -0.05) is 0 Å². The van der Waals surface area contributed by atoms with Gasteiger partial charge in [0.05, 0.1) is 7.05 Å². The standard InChI is InChI=1S/C10H23N2OSi2/c1-11-7-8-12(9-11)10-15(5,6)13-14(2,3)4/h7-9H,10H2,1-6H3/q+1. The van der Waals surface area contributed by atoms with Crippen molar-refractivity contribution < 1.29 is 8.68 Å². The van der Waals surface area contributed by atoms with E-state index >= 15 is 0 Å². The first-order valence-corrected chi connectivity index (χ1v) is 11.9. The summed E-state index contributed by atoms with van der Waals surface area (Å²) in [5.74, 6) is 0. The van der Waals surface area contributed by atoms with Gasteiger partial charge in [-0.05, 0) is 32.7 Å². The van der Waals surface area contributed by atoms with Gasteiger partial charge in [0.1, 0.15) is 18.6 Å². The molecule has 3 nitrogen and oxygen atoms in total. The van der Waals surface area contributed by atoms with Crippen molar-refractivity contribution in [2.24, 2.45) is 7.05 Å². The minimum Gasteiger partial charge on any atom is -0.453 e. The van der Waals surface area contributed by atoms with Gasteiger partial charge in [-0.15, -0.1) is 0 Å². The monoisotopic (exact) mass is 243 g/mol. The Kier molecular flexibility index (Phi) is 3.57. The molecule has 0 saturated carbocycles. The Labute approximate surface area is 95.0 Å². The molecule has 0 amide bonds. The van der Waals surface area contributed by atoms with Gasteiger partial charge in [-0.2, -0.15) is 0 Å². The summed E-state index contributed by atoms with van der Waals surface area (Å²) in [5.41, 5.74) is 0. The summed E-state index contributed by atoms with van der Waals surface area (Å²) >= 11 is 0. The van der Waals surface area contributed by atoms with Crippen LogP contribution in [0, 0.1) is 0 Å². The van der Waals surface area contributed by atoms with Crippen LogP contribution >= 0.6 is 0 Å². The molecule has 1 aromatic heterocycles. The zero-order chi connectivity index (χ0) is 11.7. The highest BCUT2D eigenvalue weighted by Crippen LogP contribution is 2.15. The van der Waals surface area contributed by atoms with Gasteiger partial charge in [0.2, 0.25) is 14.6 Å². The molecule has 0 aliphatic rings. The predicted molar refractivity (Wildman–Crippen MR) is 67.5 cm³/mol. The van der Waals surface area contributed by atoms with E-state index in [9.17, 15) is 0 Å². The zero-order valence-electron chi connectivity index (χ0n) is 10.7. The lowest BCUT2D eigenvalue weighted by Gasteiger charge is -2.29. The SMILES string of the molecule is C[n+]1ccn(C[Si](C)(C)O[Si](C)(C)C)c1. The van der Waals surface area contributed by atoms with Crippen molar-refractivity contribution >= 4 is 16.6 Å². The average Bonchev–Trinajstić information content (AvgIpc) is 2.27. The number of hydrogen-bond donors (Lipinski definition) is 0. The van der Waals surface area contributed by atoms with Gasteiger partial charge in [0, 0.05) is 0 Å². The topological polar surface area (TPSA) is 18.0 Å². The molecular formula is C10H23N2OSi2+. The maximum absolute atomic E-state index is 6.29.